The van der Waals surface area contributed by atoms with E-state index in [1.165, 1.54) is 45.3 Å². The van der Waals surface area contributed by atoms with E-state index in [4.69, 9.17) is 9.47 Å². The molecular weight excluding hydrogens is 276 g/mol. The highest BCUT2D eigenvalue weighted by Crippen LogP contribution is 2.36. The molecule has 0 saturated carbocycles. The Morgan fingerprint density at radius 1 is 1.18 bits per heavy atom. The van der Waals surface area contributed by atoms with Gasteiger partial charge in [-0.15, -0.1) is 0 Å². The van der Waals surface area contributed by atoms with Crippen LogP contribution in [0.25, 0.3) is 0 Å². The molecule has 0 amide bonds. The third kappa shape index (κ3) is 4.30. The molecule has 3 fully saturated rings. The van der Waals surface area contributed by atoms with Crippen LogP contribution in [0.15, 0.2) is 0 Å². The number of likely N-dealkylation sites (tertiary alicyclic amines) is 1. The summed E-state index contributed by atoms with van der Waals surface area (Å²) < 4.78 is 11.7. The monoisotopic (exact) mass is 310 g/mol. The Balaban J connectivity index is 1.65. The molecule has 2 atom stereocenters. The molecule has 0 spiro atoms. The van der Waals surface area contributed by atoms with Crippen molar-refractivity contribution in [3.8, 4) is 0 Å². The Kier molecular flexibility index (Phi) is 5.20. The zero-order valence-electron chi connectivity index (χ0n) is 14.5. The summed E-state index contributed by atoms with van der Waals surface area (Å²) in [5.74, 6) is 0. The largest absolute Gasteiger partial charge is 0.375 e. The summed E-state index contributed by atoms with van der Waals surface area (Å²) in [6.45, 7) is 11.2. The first-order valence-electron chi connectivity index (χ1n) is 9.24. The summed E-state index contributed by atoms with van der Waals surface area (Å²) in [6, 6.07) is 0. The second kappa shape index (κ2) is 6.98. The van der Waals surface area contributed by atoms with Gasteiger partial charge >= 0.3 is 0 Å². The molecular formula is C18H34N2O2+2. The Hall–Kier alpha value is -0.450. The molecule has 0 aromatic carbocycles. The lowest BCUT2D eigenvalue weighted by atomic mass is 9.74. The van der Waals surface area contributed by atoms with Gasteiger partial charge in [-0.3, -0.25) is 0 Å². The molecule has 0 aliphatic carbocycles. The predicted octanol–water partition coefficient (Wildman–Crippen LogP) is -0.429. The van der Waals surface area contributed by atoms with Gasteiger partial charge in [0.15, 0.2) is 6.54 Å². The van der Waals surface area contributed by atoms with Crippen molar-refractivity contribution in [2.75, 3.05) is 39.4 Å². The predicted molar refractivity (Wildman–Crippen MR) is 87.4 cm³/mol. The van der Waals surface area contributed by atoms with Crippen LogP contribution in [0.1, 0.15) is 52.4 Å². The maximum Gasteiger partial charge on any atom is 0.166 e. The molecule has 0 aromatic rings. The highest BCUT2D eigenvalue weighted by molar-refractivity contribution is 5.60. The summed E-state index contributed by atoms with van der Waals surface area (Å²) in [5.41, 5.74) is 0.277. The molecule has 0 unspecified atom stereocenters. The first-order valence-corrected chi connectivity index (χ1v) is 9.24. The van der Waals surface area contributed by atoms with Crippen molar-refractivity contribution < 1.29 is 19.4 Å². The minimum Gasteiger partial charge on any atom is -0.375 e. The summed E-state index contributed by atoms with van der Waals surface area (Å²) >= 11 is 0. The standard InChI is InChI=1S/C18H32N2O2/c1-17(2)13-18(7-11-22-17,15-20-8-3-4-9-20)14-19-12-16-6-5-10-21-16/h14,16H,3-13,15H2,1-2H3/p+2/t16-,18+/m1/s1. The number of nitrogens with one attached hydrogen (secondary N) is 2. The van der Waals surface area contributed by atoms with E-state index in [1.807, 2.05) is 0 Å². The minimum atomic E-state index is -0.000543. The molecule has 4 nitrogen and oxygen atoms in total. The zero-order chi connectivity index (χ0) is 15.5. The molecule has 4 heteroatoms. The molecule has 3 heterocycles. The zero-order valence-corrected chi connectivity index (χ0v) is 14.5. The van der Waals surface area contributed by atoms with Crippen LogP contribution < -0.4 is 9.89 Å². The second-order valence-corrected chi connectivity index (χ2v) is 8.22. The summed E-state index contributed by atoms with van der Waals surface area (Å²) in [7, 11) is 0. The van der Waals surface area contributed by atoms with Gasteiger partial charge in [0.05, 0.1) is 25.2 Å². The number of hydrogen-bond donors (Lipinski definition) is 2. The SMILES string of the molecule is CC1(C)C[C@@](C=[NH+]C[C@H]2CCCO2)(C[NH+]2CCCC2)CCO1. The van der Waals surface area contributed by atoms with E-state index >= 15 is 0 Å². The molecule has 2 N–H and O–H groups in total. The molecule has 0 aromatic heterocycles. The van der Waals surface area contributed by atoms with Crippen molar-refractivity contribution in [2.45, 2.75) is 64.1 Å². The van der Waals surface area contributed by atoms with Gasteiger partial charge in [0.2, 0.25) is 0 Å². The topological polar surface area (TPSA) is 36.9 Å². The lowest BCUT2D eigenvalue weighted by molar-refractivity contribution is -0.893. The van der Waals surface area contributed by atoms with E-state index in [0.717, 1.165) is 32.6 Å². The summed E-state index contributed by atoms with van der Waals surface area (Å²) in [4.78, 5) is 5.42. The lowest BCUT2D eigenvalue weighted by Crippen LogP contribution is -3.11. The number of ether oxygens (including phenoxy) is 2. The maximum absolute atomic E-state index is 5.98. The highest BCUT2D eigenvalue weighted by atomic mass is 16.5. The Morgan fingerprint density at radius 2 is 2.00 bits per heavy atom. The molecule has 3 aliphatic heterocycles. The number of rotatable bonds is 5. The van der Waals surface area contributed by atoms with Gasteiger partial charge in [0.1, 0.15) is 17.7 Å². The highest BCUT2D eigenvalue weighted by Gasteiger charge is 2.45. The number of hydrogen-bond acceptors (Lipinski definition) is 2. The molecule has 3 aliphatic rings. The Morgan fingerprint density at radius 3 is 2.68 bits per heavy atom. The Bertz CT molecular complexity index is 385. The minimum absolute atomic E-state index is 0.000543. The lowest BCUT2D eigenvalue weighted by Gasteiger charge is -2.41. The molecule has 3 saturated heterocycles. The van der Waals surface area contributed by atoms with Crippen LogP contribution >= 0.6 is 0 Å². The van der Waals surface area contributed by atoms with E-state index in [0.29, 0.717) is 6.10 Å². The van der Waals surface area contributed by atoms with E-state index in [1.54, 1.807) is 4.90 Å². The van der Waals surface area contributed by atoms with Crippen LogP contribution in [0, 0.1) is 5.41 Å². The molecule has 3 rings (SSSR count). The van der Waals surface area contributed by atoms with Crippen LogP contribution in [-0.4, -0.2) is 57.3 Å². The van der Waals surface area contributed by atoms with E-state index in [9.17, 15) is 0 Å². The molecule has 0 bridgehead atoms. The second-order valence-electron chi connectivity index (χ2n) is 8.22. The third-order valence-corrected chi connectivity index (χ3v) is 5.56. The van der Waals surface area contributed by atoms with Gasteiger partial charge in [-0.2, -0.15) is 0 Å². The first-order chi connectivity index (χ1) is 10.6. The fraction of sp³-hybridized carbons (Fsp3) is 0.944. The fourth-order valence-electron chi connectivity index (χ4n) is 4.60. The molecule has 126 valence electrons. The van der Waals surface area contributed by atoms with Gasteiger partial charge in [0, 0.05) is 26.1 Å². The average Bonchev–Trinajstić information content (AvgIpc) is 3.11. The third-order valence-electron chi connectivity index (χ3n) is 5.56. The van der Waals surface area contributed by atoms with Gasteiger partial charge in [-0.05, 0) is 39.5 Å². The summed E-state index contributed by atoms with van der Waals surface area (Å²) in [6.07, 6.45) is 10.3. The van der Waals surface area contributed by atoms with Crippen molar-refractivity contribution >= 4 is 6.21 Å². The number of quaternary nitrogens is 1. The maximum atomic E-state index is 5.98. The van der Waals surface area contributed by atoms with Gasteiger partial charge in [-0.1, -0.05) is 0 Å². The quantitative estimate of drug-likeness (QED) is 0.676. The fourth-order valence-corrected chi connectivity index (χ4v) is 4.60. The van der Waals surface area contributed by atoms with Crippen molar-refractivity contribution in [3.63, 3.8) is 0 Å². The van der Waals surface area contributed by atoms with Crippen molar-refractivity contribution in [1.29, 1.82) is 0 Å². The normalized spacial score (nSPS) is 36.4. The first kappa shape index (κ1) is 16.4. The van der Waals surface area contributed by atoms with Crippen LogP contribution in [-0.2, 0) is 9.47 Å². The molecule has 0 radical (unpaired) electrons. The van der Waals surface area contributed by atoms with Gasteiger partial charge in [0.25, 0.3) is 0 Å². The van der Waals surface area contributed by atoms with Crippen molar-refractivity contribution in [2.24, 2.45) is 5.41 Å². The average molecular weight is 310 g/mol. The summed E-state index contributed by atoms with van der Waals surface area (Å²) in [5, 5.41) is 0. The van der Waals surface area contributed by atoms with Crippen LogP contribution in [0.4, 0.5) is 0 Å². The van der Waals surface area contributed by atoms with Gasteiger partial charge < -0.3 is 14.4 Å². The van der Waals surface area contributed by atoms with E-state index < -0.39 is 0 Å². The Labute approximate surface area is 135 Å². The smallest absolute Gasteiger partial charge is 0.166 e. The van der Waals surface area contributed by atoms with Crippen molar-refractivity contribution in [3.05, 3.63) is 0 Å². The van der Waals surface area contributed by atoms with Crippen LogP contribution in [0.3, 0.4) is 0 Å². The molecule has 22 heavy (non-hydrogen) atoms. The van der Waals surface area contributed by atoms with Crippen molar-refractivity contribution in [1.82, 2.24) is 0 Å². The van der Waals surface area contributed by atoms with Crippen LogP contribution in [0.2, 0.25) is 0 Å². The van der Waals surface area contributed by atoms with Gasteiger partial charge in [-0.25, -0.2) is 4.99 Å². The van der Waals surface area contributed by atoms with Crippen LogP contribution in [0.5, 0.6) is 0 Å². The van der Waals surface area contributed by atoms with E-state index in [-0.39, 0.29) is 11.0 Å². The van der Waals surface area contributed by atoms with E-state index in [2.05, 4.69) is 25.1 Å².